The highest BCUT2D eigenvalue weighted by atomic mass is 35.5. The van der Waals surface area contributed by atoms with Crippen molar-refractivity contribution in [2.24, 2.45) is 0 Å². The Balaban J connectivity index is 1.78. The van der Waals surface area contributed by atoms with Crippen LogP contribution in [0.1, 0.15) is 48.8 Å². The molecule has 1 aromatic heterocycles. The van der Waals surface area contributed by atoms with Crippen molar-refractivity contribution >= 4 is 40.0 Å². The van der Waals surface area contributed by atoms with Crippen LogP contribution in [0, 0.1) is 0 Å². The van der Waals surface area contributed by atoms with Gasteiger partial charge in [0, 0.05) is 42.5 Å². The third-order valence-electron chi connectivity index (χ3n) is 5.77. The first kappa shape index (κ1) is 19.4. The fraction of sp³-hybridized carbons (Fsp3) is 0.348. The van der Waals surface area contributed by atoms with Crippen molar-refractivity contribution in [2.75, 3.05) is 13.1 Å². The van der Waals surface area contributed by atoms with Gasteiger partial charge in [0.15, 0.2) is 0 Å². The highest BCUT2D eigenvalue weighted by Crippen LogP contribution is 2.37. The Morgan fingerprint density at radius 1 is 1.14 bits per heavy atom. The van der Waals surface area contributed by atoms with Crippen molar-refractivity contribution in [3.05, 3.63) is 69.3 Å². The molecular weight excluding hydrogens is 391 g/mol. The normalized spacial score (nSPS) is 15.3. The average Bonchev–Trinajstić information content (AvgIpc) is 3.38. The highest BCUT2D eigenvalue weighted by molar-refractivity contribution is 6.42. The summed E-state index contributed by atoms with van der Waals surface area (Å²) in [5.74, 6) is 0.137. The lowest BCUT2D eigenvalue weighted by Gasteiger charge is -2.22. The topological polar surface area (TPSA) is 36.1 Å². The maximum Gasteiger partial charge on any atom is 0.223 e. The molecule has 28 heavy (non-hydrogen) atoms. The van der Waals surface area contributed by atoms with E-state index in [1.165, 1.54) is 10.9 Å². The number of likely N-dealkylation sites (tertiary alicyclic amines) is 1. The van der Waals surface area contributed by atoms with Gasteiger partial charge in [0.25, 0.3) is 0 Å². The van der Waals surface area contributed by atoms with Gasteiger partial charge in [0.2, 0.25) is 5.91 Å². The largest absolute Gasteiger partial charge is 0.361 e. The fourth-order valence-electron chi connectivity index (χ4n) is 4.23. The van der Waals surface area contributed by atoms with Gasteiger partial charge < -0.3 is 9.88 Å². The standard InChI is InChI=1S/C23H24Cl2N2O/c1-2-15-6-5-7-17-19(14-26-23(15)17)18(13-22(28)27-10-3-4-11-27)16-8-9-20(24)21(25)12-16/h5-9,12,14,18,26H,2-4,10-11,13H2,1H3/t18-/m1/s1. The number of aromatic nitrogens is 1. The van der Waals surface area contributed by atoms with Crippen molar-refractivity contribution in [2.45, 2.75) is 38.5 Å². The molecule has 1 aliphatic heterocycles. The van der Waals surface area contributed by atoms with Gasteiger partial charge in [-0.15, -0.1) is 0 Å². The molecule has 146 valence electrons. The zero-order chi connectivity index (χ0) is 19.7. The summed E-state index contributed by atoms with van der Waals surface area (Å²) in [7, 11) is 0. The summed E-state index contributed by atoms with van der Waals surface area (Å²) in [4.78, 5) is 18.4. The van der Waals surface area contributed by atoms with Gasteiger partial charge in [-0.2, -0.15) is 0 Å². The molecule has 3 aromatic rings. The summed E-state index contributed by atoms with van der Waals surface area (Å²) in [5, 5.41) is 2.22. The predicted octanol–water partition coefficient (Wildman–Crippen LogP) is 6.18. The van der Waals surface area contributed by atoms with Crippen LogP contribution in [0.2, 0.25) is 10.0 Å². The molecule has 0 spiro atoms. The Kier molecular flexibility index (Phi) is 5.65. The van der Waals surface area contributed by atoms with Crippen LogP contribution in [0.5, 0.6) is 0 Å². The van der Waals surface area contributed by atoms with E-state index >= 15 is 0 Å². The zero-order valence-electron chi connectivity index (χ0n) is 16.0. The Bertz CT molecular complexity index is 1010. The van der Waals surface area contributed by atoms with E-state index in [-0.39, 0.29) is 11.8 Å². The van der Waals surface area contributed by atoms with Gasteiger partial charge in [0.05, 0.1) is 10.0 Å². The number of halogens is 2. The van der Waals surface area contributed by atoms with E-state index in [1.54, 1.807) is 0 Å². The van der Waals surface area contributed by atoms with Gasteiger partial charge >= 0.3 is 0 Å². The summed E-state index contributed by atoms with van der Waals surface area (Å²) in [6.45, 7) is 3.88. The number of nitrogens with one attached hydrogen (secondary N) is 1. The van der Waals surface area contributed by atoms with Crippen molar-refractivity contribution in [3.63, 3.8) is 0 Å². The number of rotatable bonds is 5. The zero-order valence-corrected chi connectivity index (χ0v) is 17.5. The molecule has 0 bridgehead atoms. The number of aryl methyl sites for hydroxylation is 1. The van der Waals surface area contributed by atoms with Crippen LogP contribution >= 0.6 is 23.2 Å². The number of carbonyl (C=O) groups excluding carboxylic acids is 1. The second-order valence-corrected chi connectivity index (χ2v) is 8.27. The minimum absolute atomic E-state index is 0.0660. The fourth-order valence-corrected chi connectivity index (χ4v) is 4.54. The molecule has 1 amide bonds. The minimum Gasteiger partial charge on any atom is -0.361 e. The number of hydrogen-bond acceptors (Lipinski definition) is 1. The molecule has 0 unspecified atom stereocenters. The Morgan fingerprint density at radius 3 is 2.64 bits per heavy atom. The second kappa shape index (κ2) is 8.18. The summed E-state index contributed by atoms with van der Waals surface area (Å²) in [5.41, 5.74) is 4.59. The highest BCUT2D eigenvalue weighted by Gasteiger charge is 2.26. The van der Waals surface area contributed by atoms with E-state index in [0.717, 1.165) is 49.0 Å². The number of para-hydroxylation sites is 1. The van der Waals surface area contributed by atoms with Crippen LogP contribution in [0.4, 0.5) is 0 Å². The van der Waals surface area contributed by atoms with Crippen molar-refractivity contribution in [3.8, 4) is 0 Å². The molecule has 5 heteroatoms. The molecule has 1 saturated heterocycles. The molecule has 1 fully saturated rings. The number of hydrogen-bond donors (Lipinski definition) is 1. The predicted molar refractivity (Wildman–Crippen MR) is 116 cm³/mol. The van der Waals surface area contributed by atoms with Crippen LogP contribution in [0.25, 0.3) is 10.9 Å². The molecule has 0 aliphatic carbocycles. The van der Waals surface area contributed by atoms with E-state index < -0.39 is 0 Å². The van der Waals surface area contributed by atoms with Gasteiger partial charge in [0.1, 0.15) is 0 Å². The van der Waals surface area contributed by atoms with E-state index in [4.69, 9.17) is 23.2 Å². The first-order valence-electron chi connectivity index (χ1n) is 9.90. The molecule has 2 aromatic carbocycles. The number of nitrogens with zero attached hydrogens (tertiary/aromatic N) is 1. The minimum atomic E-state index is -0.0660. The smallest absolute Gasteiger partial charge is 0.223 e. The monoisotopic (exact) mass is 414 g/mol. The van der Waals surface area contributed by atoms with Gasteiger partial charge in [-0.05, 0) is 48.1 Å². The number of carbonyl (C=O) groups is 1. The Morgan fingerprint density at radius 2 is 1.93 bits per heavy atom. The van der Waals surface area contributed by atoms with Crippen LogP contribution in [0.3, 0.4) is 0 Å². The lowest BCUT2D eigenvalue weighted by molar-refractivity contribution is -0.130. The SMILES string of the molecule is CCc1cccc2c([C@H](CC(=O)N3CCCC3)c3ccc(Cl)c(Cl)c3)c[nH]c12. The number of aromatic amines is 1. The first-order valence-corrected chi connectivity index (χ1v) is 10.7. The molecule has 1 N–H and O–H groups in total. The number of H-pyrrole nitrogens is 1. The number of benzene rings is 2. The first-order chi connectivity index (χ1) is 13.6. The van der Waals surface area contributed by atoms with Gasteiger partial charge in [-0.25, -0.2) is 0 Å². The van der Waals surface area contributed by atoms with Crippen molar-refractivity contribution in [1.29, 1.82) is 0 Å². The quantitative estimate of drug-likeness (QED) is 0.531. The average molecular weight is 415 g/mol. The van der Waals surface area contributed by atoms with Crippen molar-refractivity contribution < 1.29 is 4.79 Å². The summed E-state index contributed by atoms with van der Waals surface area (Å²) in [6, 6.07) is 12.1. The number of amides is 1. The third kappa shape index (κ3) is 3.66. The maximum atomic E-state index is 13.0. The Hall–Kier alpha value is -1.97. The van der Waals surface area contributed by atoms with Crippen LogP contribution in [-0.4, -0.2) is 28.9 Å². The molecule has 2 heterocycles. The molecule has 1 atom stereocenters. The van der Waals surface area contributed by atoms with E-state index in [1.807, 2.05) is 29.3 Å². The van der Waals surface area contributed by atoms with E-state index in [0.29, 0.717) is 16.5 Å². The third-order valence-corrected chi connectivity index (χ3v) is 6.51. The molecular formula is C23H24Cl2N2O. The van der Waals surface area contributed by atoms with Gasteiger partial charge in [-0.3, -0.25) is 4.79 Å². The van der Waals surface area contributed by atoms with E-state index in [2.05, 4.69) is 30.1 Å². The molecule has 3 nitrogen and oxygen atoms in total. The molecule has 0 radical (unpaired) electrons. The van der Waals surface area contributed by atoms with Crippen molar-refractivity contribution in [1.82, 2.24) is 9.88 Å². The van der Waals surface area contributed by atoms with Gasteiger partial charge in [-0.1, -0.05) is 54.4 Å². The second-order valence-electron chi connectivity index (χ2n) is 7.46. The molecule has 1 aliphatic rings. The molecule has 4 rings (SSSR count). The summed E-state index contributed by atoms with van der Waals surface area (Å²) >= 11 is 12.5. The van der Waals surface area contributed by atoms with Crippen LogP contribution in [-0.2, 0) is 11.2 Å². The molecule has 0 saturated carbocycles. The van der Waals surface area contributed by atoms with E-state index in [9.17, 15) is 4.79 Å². The van der Waals surface area contributed by atoms with Crippen LogP contribution < -0.4 is 0 Å². The lowest BCUT2D eigenvalue weighted by Crippen LogP contribution is -2.29. The summed E-state index contributed by atoms with van der Waals surface area (Å²) < 4.78 is 0. The Labute approximate surface area is 175 Å². The lowest BCUT2D eigenvalue weighted by atomic mass is 9.87. The number of fused-ring (bicyclic) bond motifs is 1. The maximum absolute atomic E-state index is 13.0. The summed E-state index contributed by atoms with van der Waals surface area (Å²) in [6.07, 6.45) is 5.63. The van der Waals surface area contributed by atoms with Crippen LogP contribution in [0.15, 0.2) is 42.6 Å².